The maximum absolute atomic E-state index is 13.4. The van der Waals surface area contributed by atoms with Crippen molar-refractivity contribution in [1.29, 1.82) is 0 Å². The Bertz CT molecular complexity index is 1110. The molecule has 0 aliphatic rings. The molecular weight excluding hydrogens is 712 g/mol. The third kappa shape index (κ3) is 24.8. The Morgan fingerprint density at radius 1 is 0.604 bits per heavy atom. The van der Waals surface area contributed by atoms with Crippen molar-refractivity contribution in [1.82, 2.24) is 21.3 Å². The smallest absolute Gasteiger partial charge is 0.307 e. The van der Waals surface area contributed by atoms with Gasteiger partial charge in [0.1, 0.15) is 12.1 Å². The van der Waals surface area contributed by atoms with Gasteiger partial charge >= 0.3 is 5.97 Å². The molecule has 0 rings (SSSR count). The van der Waals surface area contributed by atoms with Gasteiger partial charge in [0.15, 0.2) is 11.6 Å². The number of carbonyl (C=O) groups is 7. The van der Waals surface area contributed by atoms with Gasteiger partial charge in [-0.05, 0) is 25.5 Å². The molecule has 0 aromatic rings. The summed E-state index contributed by atoms with van der Waals surface area (Å²) in [7, 11) is 0. The van der Waals surface area contributed by atoms with Crippen LogP contribution in [0.5, 0.6) is 0 Å². The highest BCUT2D eigenvalue weighted by Gasteiger charge is 2.31. The van der Waals surface area contributed by atoms with Gasteiger partial charge in [0.25, 0.3) is 0 Å². The summed E-state index contributed by atoms with van der Waals surface area (Å²) in [5.41, 5.74) is 0. The van der Waals surface area contributed by atoms with Crippen molar-refractivity contribution in [3.63, 3.8) is 0 Å². The second-order valence-corrected chi connectivity index (χ2v) is 13.6. The molecule has 0 aliphatic heterocycles. The molecule has 0 saturated carbocycles. The summed E-state index contributed by atoms with van der Waals surface area (Å²) in [5.74, 6) is -6.41. The fourth-order valence-corrected chi connectivity index (χ4v) is 5.18. The Kier molecular flexibility index (Phi) is 29.4. The van der Waals surface area contributed by atoms with E-state index < -0.39 is 65.1 Å². The molecule has 0 aliphatic carbocycles. The van der Waals surface area contributed by atoms with Crippen LogP contribution in [-0.2, 0) is 52.5 Å². The minimum atomic E-state index is -1.27. The van der Waals surface area contributed by atoms with Crippen molar-refractivity contribution in [3.8, 4) is 0 Å². The molecule has 0 aromatic carbocycles. The molecule has 306 valence electrons. The largest absolute Gasteiger partial charge is 0.481 e. The van der Waals surface area contributed by atoms with Crippen molar-refractivity contribution >= 4 is 52.9 Å². The zero-order valence-electron chi connectivity index (χ0n) is 32.5. The number of carbonyl (C=O) groups excluding carboxylic acids is 6. The molecule has 1 unspecified atom stereocenters. The lowest BCUT2D eigenvalue weighted by Gasteiger charge is -2.24. The molecule has 16 nitrogen and oxygen atoms in total. The van der Waals surface area contributed by atoms with Gasteiger partial charge in [0.05, 0.1) is 45.6 Å². The number of amides is 4. The fourth-order valence-electron chi connectivity index (χ4n) is 4.52. The van der Waals surface area contributed by atoms with Gasteiger partial charge in [0.2, 0.25) is 23.6 Å². The molecule has 0 spiro atoms. The van der Waals surface area contributed by atoms with E-state index in [-0.39, 0.29) is 63.6 Å². The van der Waals surface area contributed by atoms with E-state index in [9.17, 15) is 38.7 Å². The monoisotopic (exact) mass is 776 g/mol. The molecule has 0 heterocycles. The minimum absolute atomic E-state index is 0.0148. The first-order chi connectivity index (χ1) is 25.3. The van der Waals surface area contributed by atoms with E-state index in [1.54, 1.807) is 13.2 Å². The standard InChI is InChI=1S/C36H64N4O12S/c1-7-12-49-16-18-51-14-10-32(43)37-22-28(39-34(45)25(4)9-3)30(41)20-26(5)35(46)40-29(31(42)21-27(24-53-6)36(47)48)23-38-33(44)11-15-52-19-17-50-13-8-2/h25-29H,7-24H2,1-6H3,(H,37,43)(H,38,44)(H,39,45)(H,40,46)(H,47,48)/t25-,26-,27?,28+,29+/m1/s1. The van der Waals surface area contributed by atoms with Crippen LogP contribution in [-0.4, -0.2) is 136 Å². The third-order valence-electron chi connectivity index (χ3n) is 7.98. The Hall–Kier alpha value is -3.12. The normalized spacial score (nSPS) is 13.9. The number of carboxylic acid groups (broad SMARTS) is 1. The lowest BCUT2D eigenvalue weighted by atomic mass is 9.96. The maximum atomic E-state index is 13.4. The van der Waals surface area contributed by atoms with Gasteiger partial charge in [-0.2, -0.15) is 11.8 Å². The van der Waals surface area contributed by atoms with Gasteiger partial charge in [-0.25, -0.2) is 0 Å². The lowest BCUT2D eigenvalue weighted by Crippen LogP contribution is -2.52. The van der Waals surface area contributed by atoms with E-state index in [4.69, 9.17) is 18.9 Å². The van der Waals surface area contributed by atoms with Crippen LogP contribution >= 0.6 is 11.8 Å². The summed E-state index contributed by atoms with van der Waals surface area (Å²) in [6, 6.07) is -2.39. The quantitative estimate of drug-likeness (QED) is 0.0586. The summed E-state index contributed by atoms with van der Waals surface area (Å²) >= 11 is 1.26. The number of Topliss-reactive ketones (excluding diaryl/α,β-unsaturated/α-hetero) is 2. The SMILES string of the molecule is CCCOCCOCCC(=O)NC[C@H](NC(=O)[C@H](C)CC)C(=O)C[C@@H](C)C(=O)N[C@@H](CNC(=O)CCOCCOCCC)C(=O)CC(CSC)C(=O)O. The topological polar surface area (TPSA) is 225 Å². The van der Waals surface area contributed by atoms with Crippen LogP contribution in [0.1, 0.15) is 79.6 Å². The minimum Gasteiger partial charge on any atom is -0.481 e. The van der Waals surface area contributed by atoms with Gasteiger partial charge in [0, 0.05) is 69.6 Å². The van der Waals surface area contributed by atoms with E-state index in [1.807, 2.05) is 20.8 Å². The first-order valence-electron chi connectivity index (χ1n) is 18.5. The molecule has 5 N–H and O–H groups in total. The second-order valence-electron chi connectivity index (χ2n) is 12.7. The molecule has 0 bridgehead atoms. The van der Waals surface area contributed by atoms with Crippen LogP contribution in [0.15, 0.2) is 0 Å². The molecule has 0 fully saturated rings. The Morgan fingerprint density at radius 2 is 1.02 bits per heavy atom. The van der Waals surface area contributed by atoms with Gasteiger partial charge in [-0.15, -0.1) is 0 Å². The number of hydrogen-bond acceptors (Lipinski definition) is 12. The van der Waals surface area contributed by atoms with Gasteiger partial charge in [-0.3, -0.25) is 33.6 Å². The van der Waals surface area contributed by atoms with Crippen LogP contribution in [0.2, 0.25) is 0 Å². The molecular formula is C36H64N4O12S. The molecule has 53 heavy (non-hydrogen) atoms. The van der Waals surface area contributed by atoms with Crippen LogP contribution in [0, 0.1) is 17.8 Å². The van der Waals surface area contributed by atoms with Gasteiger partial charge in [-0.1, -0.05) is 34.6 Å². The highest BCUT2D eigenvalue weighted by atomic mass is 32.2. The zero-order chi connectivity index (χ0) is 40.0. The van der Waals surface area contributed by atoms with E-state index in [0.29, 0.717) is 46.1 Å². The predicted molar refractivity (Wildman–Crippen MR) is 200 cm³/mol. The van der Waals surface area contributed by atoms with E-state index in [1.165, 1.54) is 18.7 Å². The van der Waals surface area contributed by atoms with Crippen molar-refractivity contribution in [2.45, 2.75) is 91.6 Å². The van der Waals surface area contributed by atoms with Crippen molar-refractivity contribution in [2.24, 2.45) is 17.8 Å². The first kappa shape index (κ1) is 49.9. The summed E-state index contributed by atoms with van der Waals surface area (Å²) in [5, 5.41) is 20.1. The lowest BCUT2D eigenvalue weighted by molar-refractivity contribution is -0.143. The Labute approximate surface area is 318 Å². The van der Waals surface area contributed by atoms with Crippen LogP contribution in [0.25, 0.3) is 0 Å². The summed E-state index contributed by atoms with van der Waals surface area (Å²) in [6.45, 7) is 11.4. The number of ether oxygens (including phenoxy) is 4. The average Bonchev–Trinajstić information content (AvgIpc) is 3.13. The fraction of sp³-hybridized carbons (Fsp3) is 0.806. The number of rotatable bonds is 34. The zero-order valence-corrected chi connectivity index (χ0v) is 33.3. The van der Waals surface area contributed by atoms with E-state index in [2.05, 4.69) is 21.3 Å². The van der Waals surface area contributed by atoms with Gasteiger partial charge < -0.3 is 45.3 Å². The molecule has 17 heteroatoms. The average molecular weight is 777 g/mol. The number of hydrogen-bond donors (Lipinski definition) is 5. The van der Waals surface area contributed by atoms with E-state index >= 15 is 0 Å². The summed E-state index contributed by atoms with van der Waals surface area (Å²) in [4.78, 5) is 89.5. The van der Waals surface area contributed by atoms with Crippen LogP contribution < -0.4 is 21.3 Å². The van der Waals surface area contributed by atoms with Crippen molar-refractivity contribution in [2.75, 3.05) is 78.0 Å². The van der Waals surface area contributed by atoms with Crippen LogP contribution in [0.3, 0.4) is 0 Å². The number of thioether (sulfide) groups is 1. The number of carboxylic acids is 1. The molecule has 5 atom stereocenters. The Balaban J connectivity index is 5.49. The third-order valence-corrected chi connectivity index (χ3v) is 8.72. The Morgan fingerprint density at radius 3 is 1.42 bits per heavy atom. The number of ketones is 2. The van der Waals surface area contributed by atoms with Crippen molar-refractivity contribution in [3.05, 3.63) is 0 Å². The highest BCUT2D eigenvalue weighted by molar-refractivity contribution is 7.98. The predicted octanol–water partition coefficient (Wildman–Crippen LogP) is 1.52. The molecule has 0 saturated heterocycles. The van der Waals surface area contributed by atoms with Crippen LogP contribution in [0.4, 0.5) is 0 Å². The molecule has 0 aromatic heterocycles. The first-order valence-corrected chi connectivity index (χ1v) is 19.9. The molecule has 4 amide bonds. The summed E-state index contributed by atoms with van der Waals surface area (Å²) in [6.07, 6.45) is 3.28. The highest BCUT2D eigenvalue weighted by Crippen LogP contribution is 2.14. The van der Waals surface area contributed by atoms with E-state index in [0.717, 1.165) is 12.8 Å². The summed E-state index contributed by atoms with van der Waals surface area (Å²) < 4.78 is 21.4. The van der Waals surface area contributed by atoms with Crippen molar-refractivity contribution < 1.29 is 57.6 Å². The number of nitrogens with one attached hydrogen (secondary N) is 4. The second kappa shape index (κ2) is 31.3. The maximum Gasteiger partial charge on any atom is 0.307 e. The molecule has 0 radical (unpaired) electrons. The number of aliphatic carboxylic acids is 1.